The minimum absolute atomic E-state index is 0. The molecule has 0 saturated carbocycles. The predicted molar refractivity (Wildman–Crippen MR) is 109 cm³/mol. The Labute approximate surface area is 153 Å². The van der Waals surface area contributed by atoms with Crippen molar-refractivity contribution < 1.29 is 0 Å². The number of aliphatic imine (C=N–C) groups is 1. The predicted octanol–water partition coefficient (Wildman–Crippen LogP) is 3.03. The Morgan fingerprint density at radius 2 is 1.62 bits per heavy atom. The van der Waals surface area contributed by atoms with Crippen molar-refractivity contribution in [1.29, 1.82) is 0 Å². The maximum Gasteiger partial charge on any atom is 0.191 e. The molecule has 4 nitrogen and oxygen atoms in total. The summed E-state index contributed by atoms with van der Waals surface area (Å²) in [4.78, 5) is 6.75. The molecule has 0 aliphatic carbocycles. The largest absolute Gasteiger partial charge is 0.356 e. The van der Waals surface area contributed by atoms with Crippen LogP contribution in [0, 0.1) is 0 Å². The normalized spacial score (nSPS) is 12.0. The number of rotatable bonds is 10. The average Bonchev–Trinajstić information content (AvgIpc) is 2.39. The van der Waals surface area contributed by atoms with Crippen molar-refractivity contribution in [2.45, 2.75) is 52.6 Å². The summed E-state index contributed by atoms with van der Waals surface area (Å²) in [6.07, 6.45) is 4.62. The van der Waals surface area contributed by atoms with Gasteiger partial charge in [0.2, 0.25) is 0 Å². The first-order chi connectivity index (χ1) is 9.52. The van der Waals surface area contributed by atoms with Crippen molar-refractivity contribution >= 4 is 41.7 Å². The summed E-state index contributed by atoms with van der Waals surface area (Å²) in [6.45, 7) is 12.0. The fourth-order valence-electron chi connectivity index (χ4n) is 2.21. The fraction of sp³-hybridized carbons (Fsp3) is 0.933. The van der Waals surface area contributed by atoms with Gasteiger partial charge in [-0.05, 0) is 52.5 Å². The van der Waals surface area contributed by atoms with Crippen molar-refractivity contribution in [2.24, 2.45) is 4.99 Å². The minimum atomic E-state index is 0. The van der Waals surface area contributed by atoms with Crippen LogP contribution >= 0.6 is 35.7 Å². The molecule has 0 heterocycles. The van der Waals surface area contributed by atoms with Gasteiger partial charge in [-0.2, -0.15) is 11.8 Å². The summed E-state index contributed by atoms with van der Waals surface area (Å²) in [5.74, 6) is 2.16. The Bertz CT molecular complexity index is 252. The van der Waals surface area contributed by atoms with Crippen molar-refractivity contribution in [3.8, 4) is 0 Å². The second kappa shape index (κ2) is 15.2. The third-order valence-electron chi connectivity index (χ3n) is 3.28. The highest BCUT2D eigenvalue weighted by Crippen LogP contribution is 2.03. The smallest absolute Gasteiger partial charge is 0.191 e. The lowest BCUT2D eigenvalue weighted by molar-refractivity contribution is 0.178. The summed E-state index contributed by atoms with van der Waals surface area (Å²) in [6, 6.07) is 1.16. The highest BCUT2D eigenvalue weighted by molar-refractivity contribution is 14.0. The molecule has 0 fully saturated rings. The summed E-state index contributed by atoms with van der Waals surface area (Å²) in [5, 5.41) is 6.76. The van der Waals surface area contributed by atoms with Gasteiger partial charge in [0.1, 0.15) is 0 Å². The van der Waals surface area contributed by atoms with Gasteiger partial charge in [-0.25, -0.2) is 0 Å². The van der Waals surface area contributed by atoms with E-state index in [9.17, 15) is 0 Å². The zero-order chi connectivity index (χ0) is 15.4. The number of hydrogen-bond donors (Lipinski definition) is 2. The van der Waals surface area contributed by atoms with Gasteiger partial charge in [-0.1, -0.05) is 0 Å². The second-order valence-electron chi connectivity index (χ2n) is 5.55. The lowest BCUT2D eigenvalue weighted by atomic mass is 10.2. The third-order valence-corrected chi connectivity index (χ3v) is 3.98. The van der Waals surface area contributed by atoms with E-state index in [2.05, 4.69) is 54.5 Å². The third kappa shape index (κ3) is 12.5. The van der Waals surface area contributed by atoms with Crippen LogP contribution in [0.3, 0.4) is 0 Å². The molecule has 0 aromatic carbocycles. The van der Waals surface area contributed by atoms with Crippen LogP contribution in [-0.2, 0) is 0 Å². The van der Waals surface area contributed by atoms with Crippen LogP contribution in [0.2, 0.25) is 0 Å². The first kappa shape index (κ1) is 23.6. The van der Waals surface area contributed by atoms with E-state index in [4.69, 9.17) is 0 Å². The van der Waals surface area contributed by atoms with E-state index in [0.29, 0.717) is 12.1 Å². The number of nitrogens with one attached hydrogen (secondary N) is 2. The van der Waals surface area contributed by atoms with Gasteiger partial charge in [0.05, 0.1) is 0 Å². The van der Waals surface area contributed by atoms with Crippen molar-refractivity contribution in [3.05, 3.63) is 0 Å². The molecule has 128 valence electrons. The molecule has 0 unspecified atom stereocenters. The highest BCUT2D eigenvalue weighted by Gasteiger charge is 2.12. The summed E-state index contributed by atoms with van der Waals surface area (Å²) < 4.78 is 0. The molecule has 0 amide bonds. The van der Waals surface area contributed by atoms with E-state index < -0.39 is 0 Å². The van der Waals surface area contributed by atoms with E-state index in [-0.39, 0.29) is 24.0 Å². The van der Waals surface area contributed by atoms with E-state index in [1.807, 2.05) is 18.8 Å². The Hall–Kier alpha value is 0.310. The quantitative estimate of drug-likeness (QED) is 0.242. The molecule has 6 heteroatoms. The molecule has 0 rings (SSSR count). The SMILES string of the molecule is CN=C(NCCCCSC)NCCN(C(C)C)C(C)C.I. The summed E-state index contributed by atoms with van der Waals surface area (Å²) >= 11 is 1.91. The number of thioether (sulfide) groups is 1. The summed E-state index contributed by atoms with van der Waals surface area (Å²) in [5.41, 5.74) is 0. The molecule has 0 radical (unpaired) electrons. The van der Waals surface area contributed by atoms with Gasteiger partial charge < -0.3 is 10.6 Å². The van der Waals surface area contributed by atoms with Gasteiger partial charge in [-0.15, -0.1) is 24.0 Å². The maximum atomic E-state index is 4.26. The first-order valence-corrected chi connectivity index (χ1v) is 9.11. The molecule has 0 bridgehead atoms. The number of guanidine groups is 1. The van der Waals surface area contributed by atoms with Gasteiger partial charge in [-0.3, -0.25) is 9.89 Å². The maximum absolute atomic E-state index is 4.26. The van der Waals surface area contributed by atoms with E-state index in [1.54, 1.807) is 0 Å². The number of halogens is 1. The average molecular weight is 430 g/mol. The number of nitrogens with zero attached hydrogens (tertiary/aromatic N) is 2. The van der Waals surface area contributed by atoms with Crippen LogP contribution in [-0.4, -0.2) is 61.6 Å². The number of hydrogen-bond acceptors (Lipinski definition) is 3. The van der Waals surface area contributed by atoms with Gasteiger partial charge in [0.25, 0.3) is 0 Å². The molecular weight excluding hydrogens is 395 g/mol. The Morgan fingerprint density at radius 1 is 1.05 bits per heavy atom. The molecule has 0 atom stereocenters. The summed E-state index contributed by atoms with van der Waals surface area (Å²) in [7, 11) is 1.83. The van der Waals surface area contributed by atoms with Gasteiger partial charge >= 0.3 is 0 Å². The monoisotopic (exact) mass is 430 g/mol. The van der Waals surface area contributed by atoms with Crippen molar-refractivity contribution in [2.75, 3.05) is 38.7 Å². The van der Waals surface area contributed by atoms with Gasteiger partial charge in [0, 0.05) is 38.8 Å². The molecule has 0 saturated heterocycles. The molecule has 0 aliphatic heterocycles. The van der Waals surface area contributed by atoms with Crippen LogP contribution in [0.4, 0.5) is 0 Å². The minimum Gasteiger partial charge on any atom is -0.356 e. The Kier molecular flexibility index (Phi) is 17.1. The highest BCUT2D eigenvalue weighted by atomic mass is 127. The standard InChI is InChI=1S/C15H34N4S.HI/c1-13(2)19(14(3)4)11-10-18-15(16-5)17-9-7-8-12-20-6;/h13-14H,7-12H2,1-6H3,(H2,16,17,18);1H. The molecule has 21 heavy (non-hydrogen) atoms. The van der Waals surface area contributed by atoms with Crippen LogP contribution in [0.15, 0.2) is 4.99 Å². The molecule has 0 aromatic rings. The fourth-order valence-corrected chi connectivity index (χ4v) is 2.71. The molecular formula is C15H35IN4S. The van der Waals surface area contributed by atoms with Crippen LogP contribution in [0.5, 0.6) is 0 Å². The topological polar surface area (TPSA) is 39.7 Å². The molecule has 2 N–H and O–H groups in total. The van der Waals surface area contributed by atoms with Crippen LogP contribution in [0.25, 0.3) is 0 Å². The Balaban J connectivity index is 0. The zero-order valence-electron chi connectivity index (χ0n) is 14.6. The van der Waals surface area contributed by atoms with E-state index >= 15 is 0 Å². The van der Waals surface area contributed by atoms with Gasteiger partial charge in [0.15, 0.2) is 5.96 Å². The van der Waals surface area contributed by atoms with E-state index in [1.165, 1.54) is 18.6 Å². The molecule has 0 aliphatic rings. The second-order valence-corrected chi connectivity index (χ2v) is 6.54. The zero-order valence-corrected chi connectivity index (χ0v) is 17.8. The van der Waals surface area contributed by atoms with Crippen LogP contribution in [0.1, 0.15) is 40.5 Å². The lowest BCUT2D eigenvalue weighted by Gasteiger charge is -2.30. The van der Waals surface area contributed by atoms with Crippen LogP contribution < -0.4 is 10.6 Å². The molecule has 0 aromatic heterocycles. The first-order valence-electron chi connectivity index (χ1n) is 7.72. The molecule has 0 spiro atoms. The van der Waals surface area contributed by atoms with E-state index in [0.717, 1.165) is 25.6 Å². The van der Waals surface area contributed by atoms with Crippen molar-refractivity contribution in [1.82, 2.24) is 15.5 Å². The van der Waals surface area contributed by atoms with Crippen molar-refractivity contribution in [3.63, 3.8) is 0 Å². The number of unbranched alkanes of at least 4 members (excludes halogenated alkanes) is 1. The Morgan fingerprint density at radius 3 is 2.10 bits per heavy atom. The lowest BCUT2D eigenvalue weighted by Crippen LogP contribution is -2.45.